The lowest BCUT2D eigenvalue weighted by molar-refractivity contribution is 0.717. The van der Waals surface area contributed by atoms with Crippen LogP contribution in [0.3, 0.4) is 0 Å². The zero-order chi connectivity index (χ0) is 20.6. The van der Waals surface area contributed by atoms with Crippen LogP contribution >= 0.6 is 15.9 Å². The molecular weight excluding hydrogens is 424 g/mol. The van der Waals surface area contributed by atoms with Crippen LogP contribution in [0.25, 0.3) is 11.4 Å². The molecule has 3 aromatic rings. The number of hydrogen-bond acceptors (Lipinski definition) is 4. The Bertz CT molecular complexity index is 963. The number of nitrogens with zero attached hydrogens (tertiary/aromatic N) is 3. The van der Waals surface area contributed by atoms with E-state index in [9.17, 15) is 0 Å². The number of rotatable bonds is 8. The van der Waals surface area contributed by atoms with Gasteiger partial charge in [-0.25, -0.2) is 9.97 Å². The van der Waals surface area contributed by atoms with E-state index in [-0.39, 0.29) is 0 Å². The molecular formula is C24H27BrN4. The van der Waals surface area contributed by atoms with Gasteiger partial charge in [0.25, 0.3) is 0 Å². The largest absolute Gasteiger partial charge is 0.261 e. The molecule has 29 heavy (non-hydrogen) atoms. The molecule has 0 aliphatic heterocycles. The summed E-state index contributed by atoms with van der Waals surface area (Å²) < 4.78 is 1.03. The number of anilines is 1. The van der Waals surface area contributed by atoms with Gasteiger partial charge in [-0.15, -0.1) is 0 Å². The Balaban J connectivity index is 1.71. The summed E-state index contributed by atoms with van der Waals surface area (Å²) >= 11 is 3.46. The molecule has 150 valence electrons. The summed E-state index contributed by atoms with van der Waals surface area (Å²) in [5.41, 5.74) is 8.37. The van der Waals surface area contributed by atoms with Crippen LogP contribution in [0.4, 0.5) is 5.82 Å². The average Bonchev–Trinajstić information content (AvgIpc) is 2.73. The second-order valence-corrected chi connectivity index (χ2v) is 8.10. The van der Waals surface area contributed by atoms with Crippen molar-refractivity contribution >= 4 is 27.5 Å². The summed E-state index contributed by atoms with van der Waals surface area (Å²) in [6.45, 7) is 6.20. The highest BCUT2D eigenvalue weighted by molar-refractivity contribution is 9.10. The van der Waals surface area contributed by atoms with E-state index in [0.717, 1.165) is 33.4 Å². The average molecular weight is 451 g/mol. The molecule has 0 amide bonds. The minimum Gasteiger partial charge on any atom is -0.261 e. The third-order valence-electron chi connectivity index (χ3n) is 4.74. The van der Waals surface area contributed by atoms with Crippen LogP contribution in [-0.2, 0) is 6.42 Å². The molecule has 0 radical (unpaired) electrons. The van der Waals surface area contributed by atoms with E-state index in [1.54, 1.807) is 0 Å². The number of hydrogen-bond donors (Lipinski definition) is 1. The maximum absolute atomic E-state index is 4.61. The number of hydrazone groups is 1. The van der Waals surface area contributed by atoms with Gasteiger partial charge in [0, 0.05) is 21.8 Å². The van der Waals surface area contributed by atoms with Gasteiger partial charge in [0.15, 0.2) is 11.6 Å². The SMILES string of the molecule is CCCCCc1ccc(/C(C)=N/Nc2cc(C)nc(-c3ccc(Br)cc3)n2)cc1. The lowest BCUT2D eigenvalue weighted by Crippen LogP contribution is -2.03. The Morgan fingerprint density at radius 2 is 1.72 bits per heavy atom. The van der Waals surface area contributed by atoms with Crippen LogP contribution in [0.15, 0.2) is 64.2 Å². The van der Waals surface area contributed by atoms with Crippen LogP contribution in [-0.4, -0.2) is 15.7 Å². The van der Waals surface area contributed by atoms with E-state index in [1.807, 2.05) is 44.2 Å². The third kappa shape index (κ3) is 6.23. The number of halogens is 1. The number of aromatic nitrogens is 2. The number of unbranched alkanes of at least 4 members (excludes halogenated alkanes) is 2. The van der Waals surface area contributed by atoms with Gasteiger partial charge in [-0.05, 0) is 49.9 Å². The van der Waals surface area contributed by atoms with E-state index >= 15 is 0 Å². The second-order valence-electron chi connectivity index (χ2n) is 7.19. The van der Waals surface area contributed by atoms with Crippen molar-refractivity contribution in [1.29, 1.82) is 0 Å². The smallest absolute Gasteiger partial charge is 0.161 e. The normalized spacial score (nSPS) is 11.5. The molecule has 0 fully saturated rings. The van der Waals surface area contributed by atoms with E-state index in [2.05, 4.69) is 67.6 Å². The van der Waals surface area contributed by atoms with E-state index < -0.39 is 0 Å². The summed E-state index contributed by atoms with van der Waals surface area (Å²) in [7, 11) is 0. The topological polar surface area (TPSA) is 50.2 Å². The molecule has 1 N–H and O–H groups in total. The van der Waals surface area contributed by atoms with Gasteiger partial charge in [0.05, 0.1) is 5.71 Å². The zero-order valence-corrected chi connectivity index (χ0v) is 18.8. The Morgan fingerprint density at radius 3 is 2.41 bits per heavy atom. The summed E-state index contributed by atoms with van der Waals surface area (Å²) in [5, 5.41) is 4.53. The van der Waals surface area contributed by atoms with E-state index in [1.165, 1.54) is 24.8 Å². The highest BCUT2D eigenvalue weighted by atomic mass is 79.9. The van der Waals surface area contributed by atoms with Gasteiger partial charge >= 0.3 is 0 Å². The first-order valence-corrected chi connectivity index (χ1v) is 10.9. The predicted molar refractivity (Wildman–Crippen MR) is 125 cm³/mol. The summed E-state index contributed by atoms with van der Waals surface area (Å²) in [5.74, 6) is 1.37. The molecule has 0 bridgehead atoms. The molecule has 0 aliphatic carbocycles. The van der Waals surface area contributed by atoms with Gasteiger partial charge in [0.1, 0.15) is 0 Å². The second kappa shape index (κ2) is 10.3. The van der Waals surface area contributed by atoms with E-state index in [0.29, 0.717) is 11.6 Å². The monoisotopic (exact) mass is 450 g/mol. The molecule has 0 saturated heterocycles. The Morgan fingerprint density at radius 1 is 1.00 bits per heavy atom. The van der Waals surface area contributed by atoms with Crippen LogP contribution in [0.2, 0.25) is 0 Å². The molecule has 5 heteroatoms. The van der Waals surface area contributed by atoms with Crippen molar-refractivity contribution < 1.29 is 0 Å². The summed E-state index contributed by atoms with van der Waals surface area (Å²) in [6.07, 6.45) is 4.92. The number of nitrogens with one attached hydrogen (secondary N) is 1. The van der Waals surface area contributed by atoms with Crippen molar-refractivity contribution in [2.75, 3.05) is 5.43 Å². The maximum Gasteiger partial charge on any atom is 0.161 e. The molecule has 0 aliphatic rings. The highest BCUT2D eigenvalue weighted by Crippen LogP contribution is 2.20. The van der Waals surface area contributed by atoms with Crippen molar-refractivity contribution in [1.82, 2.24) is 9.97 Å². The Hall–Kier alpha value is -2.53. The van der Waals surface area contributed by atoms with Crippen molar-refractivity contribution in [2.24, 2.45) is 5.10 Å². The fraction of sp³-hybridized carbons (Fsp3) is 0.292. The molecule has 3 rings (SSSR count). The number of benzene rings is 2. The molecule has 0 spiro atoms. The molecule has 1 aromatic heterocycles. The van der Waals surface area contributed by atoms with Crippen molar-refractivity contribution in [3.8, 4) is 11.4 Å². The highest BCUT2D eigenvalue weighted by Gasteiger charge is 2.05. The minimum absolute atomic E-state index is 0.685. The zero-order valence-electron chi connectivity index (χ0n) is 17.2. The van der Waals surface area contributed by atoms with Crippen LogP contribution < -0.4 is 5.43 Å². The summed E-state index contributed by atoms with van der Waals surface area (Å²) in [4.78, 5) is 9.15. The lowest BCUT2D eigenvalue weighted by atomic mass is 10.0. The van der Waals surface area contributed by atoms with Crippen LogP contribution in [0.1, 0.15) is 49.9 Å². The Labute approximate surface area is 181 Å². The first-order chi connectivity index (χ1) is 14.0. The fourth-order valence-electron chi connectivity index (χ4n) is 3.05. The fourth-order valence-corrected chi connectivity index (χ4v) is 3.32. The Kier molecular flexibility index (Phi) is 7.53. The molecule has 0 unspecified atom stereocenters. The molecule has 0 saturated carbocycles. The molecule has 4 nitrogen and oxygen atoms in total. The standard InChI is InChI=1S/C24H27BrN4/c1-4-5-6-7-19-8-10-20(11-9-19)18(3)28-29-23-16-17(2)26-24(27-23)21-12-14-22(25)15-13-21/h8-16H,4-7H2,1-3H3,(H,26,27,29)/b28-18+. The van der Waals surface area contributed by atoms with E-state index in [4.69, 9.17) is 0 Å². The van der Waals surface area contributed by atoms with Crippen molar-refractivity contribution in [2.45, 2.75) is 46.5 Å². The molecule has 0 atom stereocenters. The first-order valence-electron chi connectivity index (χ1n) is 10.1. The summed E-state index contributed by atoms with van der Waals surface area (Å²) in [6, 6.07) is 18.6. The van der Waals surface area contributed by atoms with Crippen LogP contribution in [0.5, 0.6) is 0 Å². The number of aryl methyl sites for hydroxylation is 2. The quantitative estimate of drug-likeness (QED) is 0.233. The third-order valence-corrected chi connectivity index (χ3v) is 5.26. The lowest BCUT2D eigenvalue weighted by Gasteiger charge is -2.08. The first kappa shape index (κ1) is 21.2. The predicted octanol–water partition coefficient (Wildman–Crippen LogP) is 6.78. The minimum atomic E-state index is 0.685. The maximum atomic E-state index is 4.61. The van der Waals surface area contributed by atoms with Gasteiger partial charge in [-0.1, -0.05) is 72.1 Å². The van der Waals surface area contributed by atoms with Gasteiger partial charge in [0.2, 0.25) is 0 Å². The van der Waals surface area contributed by atoms with Gasteiger partial charge in [-0.3, -0.25) is 5.43 Å². The van der Waals surface area contributed by atoms with Crippen molar-refractivity contribution in [3.63, 3.8) is 0 Å². The molecule has 1 heterocycles. The van der Waals surface area contributed by atoms with Crippen LogP contribution in [0, 0.1) is 6.92 Å². The molecule has 2 aromatic carbocycles. The van der Waals surface area contributed by atoms with Gasteiger partial charge < -0.3 is 0 Å². The van der Waals surface area contributed by atoms with Crippen molar-refractivity contribution in [3.05, 3.63) is 75.9 Å². The van der Waals surface area contributed by atoms with Gasteiger partial charge in [-0.2, -0.15) is 5.10 Å².